The van der Waals surface area contributed by atoms with Gasteiger partial charge >= 0.3 is 0 Å². The van der Waals surface area contributed by atoms with Crippen LogP contribution in [0, 0.1) is 13.8 Å². The van der Waals surface area contributed by atoms with Gasteiger partial charge in [0, 0.05) is 5.56 Å². The van der Waals surface area contributed by atoms with Crippen LogP contribution >= 0.6 is 0 Å². The van der Waals surface area contributed by atoms with Crippen LogP contribution in [0.15, 0.2) is 12.1 Å². The summed E-state index contributed by atoms with van der Waals surface area (Å²) in [5.41, 5.74) is 7.70. The van der Waals surface area contributed by atoms with Gasteiger partial charge in [-0.2, -0.15) is 0 Å². The molecule has 72 valence electrons. The van der Waals surface area contributed by atoms with Crippen molar-refractivity contribution < 1.29 is 9.50 Å². The van der Waals surface area contributed by atoms with Crippen LogP contribution in [-0.2, 0) is 0 Å². The molecule has 3 heteroatoms. The van der Waals surface area contributed by atoms with Crippen molar-refractivity contribution in [3.05, 3.63) is 28.8 Å². The number of aryl methyl sites for hydroxylation is 1. The zero-order valence-corrected chi connectivity index (χ0v) is 7.84. The molecule has 2 nitrogen and oxygen atoms in total. The van der Waals surface area contributed by atoms with Crippen LogP contribution in [0.5, 0.6) is 5.75 Å². The molecule has 1 aromatic carbocycles. The number of alkyl halides is 1. The number of halogens is 1. The Hall–Kier alpha value is -1.09. The Morgan fingerprint density at radius 2 is 2.08 bits per heavy atom. The van der Waals surface area contributed by atoms with E-state index in [2.05, 4.69) is 0 Å². The first-order chi connectivity index (χ1) is 6.07. The van der Waals surface area contributed by atoms with E-state index in [-0.39, 0.29) is 5.75 Å². The minimum atomic E-state index is -0.723. The maximum absolute atomic E-state index is 12.2. The molecule has 0 fully saturated rings. The molecule has 3 N–H and O–H groups in total. The molecule has 1 atom stereocenters. The van der Waals surface area contributed by atoms with E-state index in [1.165, 1.54) is 0 Å². The van der Waals surface area contributed by atoms with Crippen LogP contribution in [0.25, 0.3) is 0 Å². The van der Waals surface area contributed by atoms with Crippen LogP contribution in [0.3, 0.4) is 0 Å². The summed E-state index contributed by atoms with van der Waals surface area (Å²) >= 11 is 0. The van der Waals surface area contributed by atoms with E-state index in [0.717, 1.165) is 11.1 Å². The third-order valence-electron chi connectivity index (χ3n) is 2.30. The highest BCUT2D eigenvalue weighted by Gasteiger charge is 2.12. The van der Waals surface area contributed by atoms with E-state index in [1.807, 2.05) is 13.0 Å². The average molecular weight is 183 g/mol. The predicted molar refractivity (Wildman–Crippen MR) is 50.5 cm³/mol. The van der Waals surface area contributed by atoms with E-state index in [4.69, 9.17) is 5.73 Å². The third-order valence-corrected chi connectivity index (χ3v) is 2.30. The molecule has 0 unspecified atom stereocenters. The maximum atomic E-state index is 12.2. The highest BCUT2D eigenvalue weighted by molar-refractivity contribution is 5.45. The Kier molecular flexibility index (Phi) is 2.88. The van der Waals surface area contributed by atoms with Crippen molar-refractivity contribution in [1.82, 2.24) is 0 Å². The Bertz CT molecular complexity index is 312. The molecule has 0 saturated heterocycles. The second-order valence-electron chi connectivity index (χ2n) is 3.21. The Balaban J connectivity index is 3.18. The minimum Gasteiger partial charge on any atom is -0.507 e. The number of phenolic OH excluding ortho intramolecular Hbond substituents is 1. The van der Waals surface area contributed by atoms with Gasteiger partial charge in [0.2, 0.25) is 0 Å². The van der Waals surface area contributed by atoms with E-state index in [9.17, 15) is 9.50 Å². The largest absolute Gasteiger partial charge is 0.507 e. The maximum Gasteiger partial charge on any atom is 0.123 e. The Morgan fingerprint density at radius 1 is 1.46 bits per heavy atom. The molecule has 0 bridgehead atoms. The summed E-state index contributed by atoms with van der Waals surface area (Å²) in [6.07, 6.45) is 0. The van der Waals surface area contributed by atoms with E-state index >= 15 is 0 Å². The van der Waals surface area contributed by atoms with Crippen LogP contribution in [-0.4, -0.2) is 11.8 Å². The average Bonchev–Trinajstić information content (AvgIpc) is 2.13. The first kappa shape index (κ1) is 9.99. The van der Waals surface area contributed by atoms with Gasteiger partial charge in [-0.3, -0.25) is 0 Å². The molecule has 0 aliphatic heterocycles. The van der Waals surface area contributed by atoms with Gasteiger partial charge in [-0.05, 0) is 25.0 Å². The molecular formula is C10H14FNO. The molecule has 1 aromatic rings. The van der Waals surface area contributed by atoms with Crippen molar-refractivity contribution in [2.45, 2.75) is 19.9 Å². The van der Waals surface area contributed by atoms with E-state index in [1.54, 1.807) is 13.0 Å². The highest BCUT2D eigenvalue weighted by Crippen LogP contribution is 2.28. The van der Waals surface area contributed by atoms with Crippen LogP contribution in [0.4, 0.5) is 4.39 Å². The molecule has 0 aliphatic carbocycles. The number of hydrogen-bond donors (Lipinski definition) is 2. The third kappa shape index (κ3) is 1.80. The van der Waals surface area contributed by atoms with Gasteiger partial charge in [0.15, 0.2) is 0 Å². The number of benzene rings is 1. The van der Waals surface area contributed by atoms with E-state index in [0.29, 0.717) is 5.56 Å². The zero-order chi connectivity index (χ0) is 10.0. The van der Waals surface area contributed by atoms with Crippen molar-refractivity contribution in [2.75, 3.05) is 6.67 Å². The zero-order valence-electron chi connectivity index (χ0n) is 7.84. The fourth-order valence-corrected chi connectivity index (χ4v) is 1.20. The lowest BCUT2D eigenvalue weighted by molar-refractivity contribution is 0.412. The summed E-state index contributed by atoms with van der Waals surface area (Å²) < 4.78 is 12.2. The molecule has 0 heterocycles. The van der Waals surface area contributed by atoms with Gasteiger partial charge in [0.05, 0.1) is 6.04 Å². The smallest absolute Gasteiger partial charge is 0.123 e. The Morgan fingerprint density at radius 3 is 2.62 bits per heavy atom. The lowest BCUT2D eigenvalue weighted by atomic mass is 10.0. The molecular weight excluding hydrogens is 169 g/mol. The molecule has 0 saturated carbocycles. The predicted octanol–water partition coefficient (Wildman–Crippen LogP) is 1.98. The van der Waals surface area contributed by atoms with Gasteiger partial charge in [-0.25, -0.2) is 4.39 Å². The lowest BCUT2D eigenvalue weighted by Gasteiger charge is -2.13. The van der Waals surface area contributed by atoms with E-state index < -0.39 is 12.7 Å². The molecule has 0 spiro atoms. The number of rotatable bonds is 2. The van der Waals surface area contributed by atoms with Gasteiger partial charge in [0.25, 0.3) is 0 Å². The van der Waals surface area contributed by atoms with Crippen molar-refractivity contribution in [1.29, 1.82) is 0 Å². The number of phenols is 1. The van der Waals surface area contributed by atoms with Gasteiger partial charge in [0.1, 0.15) is 12.4 Å². The summed E-state index contributed by atoms with van der Waals surface area (Å²) in [5, 5.41) is 9.63. The highest BCUT2D eigenvalue weighted by atomic mass is 19.1. The molecule has 0 aromatic heterocycles. The molecule has 0 amide bonds. The molecule has 0 aliphatic rings. The van der Waals surface area contributed by atoms with Crippen LogP contribution < -0.4 is 5.73 Å². The minimum absolute atomic E-state index is 0.116. The summed E-state index contributed by atoms with van der Waals surface area (Å²) in [4.78, 5) is 0. The molecule has 0 radical (unpaired) electrons. The normalized spacial score (nSPS) is 12.9. The summed E-state index contributed by atoms with van der Waals surface area (Å²) in [7, 11) is 0. The Labute approximate surface area is 77.2 Å². The van der Waals surface area contributed by atoms with Gasteiger partial charge in [-0.15, -0.1) is 0 Å². The second kappa shape index (κ2) is 3.75. The number of nitrogens with two attached hydrogens (primary N) is 1. The fraction of sp³-hybridized carbons (Fsp3) is 0.400. The quantitative estimate of drug-likeness (QED) is 0.736. The number of aromatic hydroxyl groups is 1. The van der Waals surface area contributed by atoms with Crippen LogP contribution in [0.1, 0.15) is 22.7 Å². The van der Waals surface area contributed by atoms with Crippen molar-refractivity contribution in [3.8, 4) is 5.75 Å². The molecule has 1 rings (SSSR count). The van der Waals surface area contributed by atoms with Gasteiger partial charge in [-0.1, -0.05) is 12.1 Å². The topological polar surface area (TPSA) is 46.2 Å². The monoisotopic (exact) mass is 183 g/mol. The van der Waals surface area contributed by atoms with Crippen molar-refractivity contribution in [3.63, 3.8) is 0 Å². The SMILES string of the molecule is Cc1ccc([C@@H](N)CF)c(O)c1C. The summed E-state index contributed by atoms with van der Waals surface area (Å²) in [6.45, 7) is 3.02. The first-order valence-electron chi connectivity index (χ1n) is 4.18. The fourth-order valence-electron chi connectivity index (χ4n) is 1.20. The summed E-state index contributed by atoms with van der Waals surface area (Å²) in [5.74, 6) is 0.116. The van der Waals surface area contributed by atoms with Crippen LogP contribution in [0.2, 0.25) is 0 Å². The second-order valence-corrected chi connectivity index (χ2v) is 3.21. The molecule has 13 heavy (non-hydrogen) atoms. The van der Waals surface area contributed by atoms with Crippen molar-refractivity contribution in [2.24, 2.45) is 5.73 Å². The van der Waals surface area contributed by atoms with Crippen molar-refractivity contribution >= 4 is 0 Å². The first-order valence-corrected chi connectivity index (χ1v) is 4.18. The number of hydrogen-bond acceptors (Lipinski definition) is 2. The summed E-state index contributed by atoms with van der Waals surface area (Å²) in [6, 6.07) is 2.78. The standard InChI is InChI=1S/C10H14FNO/c1-6-3-4-8(9(12)5-11)10(13)7(6)2/h3-4,9,13H,5,12H2,1-2H3/t9-/m0/s1. The lowest BCUT2D eigenvalue weighted by Crippen LogP contribution is -2.12. The van der Waals surface area contributed by atoms with Gasteiger partial charge < -0.3 is 10.8 Å².